The summed E-state index contributed by atoms with van der Waals surface area (Å²) < 4.78 is 0.906. The molecule has 2 saturated carbocycles. The van der Waals surface area contributed by atoms with Crippen LogP contribution in [0.3, 0.4) is 0 Å². The van der Waals surface area contributed by atoms with Gasteiger partial charge in [-0.15, -0.1) is 0 Å². The lowest BCUT2D eigenvalue weighted by Gasteiger charge is -2.33. The second kappa shape index (κ2) is 2.55. The highest BCUT2D eigenvalue weighted by Crippen LogP contribution is 2.62. The van der Waals surface area contributed by atoms with E-state index in [1.807, 2.05) is 6.92 Å². The molecule has 0 heterocycles. The quantitative estimate of drug-likeness (QED) is 0.421. The van der Waals surface area contributed by atoms with E-state index in [-0.39, 0.29) is 28.3 Å². The number of fused-ring (bicyclic) bond motifs is 2. The van der Waals surface area contributed by atoms with Crippen molar-refractivity contribution in [1.82, 2.24) is 0 Å². The molecule has 2 unspecified atom stereocenters. The summed E-state index contributed by atoms with van der Waals surface area (Å²) in [5.41, 5.74) is -0.419. The van der Waals surface area contributed by atoms with Gasteiger partial charge in [-0.25, -0.2) is 0 Å². The first kappa shape index (κ1) is 9.62. The third-order valence-electron chi connectivity index (χ3n) is 4.28. The van der Waals surface area contributed by atoms with Crippen LogP contribution in [0.1, 0.15) is 26.7 Å². The molecule has 0 aromatic heterocycles. The third-order valence-corrected chi connectivity index (χ3v) is 5.87. The van der Waals surface area contributed by atoms with Crippen molar-refractivity contribution in [2.75, 3.05) is 4.43 Å². The van der Waals surface area contributed by atoms with Gasteiger partial charge in [0.25, 0.3) is 0 Å². The van der Waals surface area contributed by atoms with E-state index in [2.05, 4.69) is 29.5 Å². The maximum atomic E-state index is 11.7. The highest BCUT2D eigenvalue weighted by atomic mass is 127. The molecule has 2 nitrogen and oxygen atoms in total. The van der Waals surface area contributed by atoms with Crippen molar-refractivity contribution < 1.29 is 9.59 Å². The predicted molar refractivity (Wildman–Crippen MR) is 57.8 cm³/mol. The largest absolute Gasteiger partial charge is 0.291 e. The Morgan fingerprint density at radius 2 is 2.08 bits per heavy atom. The molecular formula is C10H13IO2. The summed E-state index contributed by atoms with van der Waals surface area (Å²) in [6.07, 6.45) is 1.82. The Morgan fingerprint density at radius 1 is 1.46 bits per heavy atom. The van der Waals surface area contributed by atoms with E-state index >= 15 is 0 Å². The number of halogens is 1. The first-order chi connectivity index (χ1) is 5.97. The molecule has 2 rings (SSSR count). The fourth-order valence-electron chi connectivity index (χ4n) is 2.89. The van der Waals surface area contributed by atoms with Gasteiger partial charge in [0, 0.05) is 15.8 Å². The molecule has 0 saturated heterocycles. The Morgan fingerprint density at radius 3 is 2.38 bits per heavy atom. The maximum absolute atomic E-state index is 11.7. The topological polar surface area (TPSA) is 34.1 Å². The van der Waals surface area contributed by atoms with Crippen LogP contribution in [0, 0.1) is 16.7 Å². The summed E-state index contributed by atoms with van der Waals surface area (Å²) in [4.78, 5) is 23.3. The molecule has 0 N–H and O–H groups in total. The van der Waals surface area contributed by atoms with Crippen LogP contribution in [-0.4, -0.2) is 16.0 Å². The van der Waals surface area contributed by atoms with Gasteiger partial charge in [-0.3, -0.25) is 9.59 Å². The minimum Gasteiger partial charge on any atom is -0.291 e. The summed E-state index contributed by atoms with van der Waals surface area (Å²) in [5.74, 6) is -0.197. The fourth-order valence-corrected chi connectivity index (χ4v) is 4.26. The molecule has 2 aliphatic carbocycles. The van der Waals surface area contributed by atoms with Crippen LogP contribution in [0.5, 0.6) is 0 Å². The van der Waals surface area contributed by atoms with Crippen LogP contribution in [0.2, 0.25) is 0 Å². The molecule has 0 radical (unpaired) electrons. The summed E-state index contributed by atoms with van der Waals surface area (Å²) in [7, 11) is 0. The van der Waals surface area contributed by atoms with Gasteiger partial charge in [0.15, 0.2) is 0 Å². The smallest absolute Gasteiger partial charge is 0.205 e. The second-order valence-corrected chi connectivity index (χ2v) is 5.43. The normalized spacial score (nSPS) is 49.0. The average Bonchev–Trinajstić information content (AvgIpc) is 2.44. The molecule has 0 amide bonds. The highest BCUT2D eigenvalue weighted by molar-refractivity contribution is 14.1. The summed E-state index contributed by atoms with van der Waals surface area (Å²) in [6.45, 7) is 4.07. The van der Waals surface area contributed by atoms with Crippen molar-refractivity contribution in [3.63, 3.8) is 0 Å². The minimum atomic E-state index is -0.351. The molecule has 72 valence electrons. The zero-order valence-electron chi connectivity index (χ0n) is 7.89. The number of Topliss-reactive ketones (excluding diaryl/α,β-unsaturated/α-hetero) is 2. The molecule has 0 spiro atoms. The lowest BCUT2D eigenvalue weighted by atomic mass is 9.70. The Kier molecular flexibility index (Phi) is 1.89. The number of rotatable bonds is 1. The van der Waals surface area contributed by atoms with Crippen LogP contribution < -0.4 is 0 Å². The Bertz CT molecular complexity index is 299. The van der Waals surface area contributed by atoms with E-state index in [1.54, 1.807) is 0 Å². The first-order valence-corrected chi connectivity index (χ1v) is 6.14. The molecule has 13 heavy (non-hydrogen) atoms. The Hall–Kier alpha value is 0.0700. The van der Waals surface area contributed by atoms with Gasteiger partial charge in [0.1, 0.15) is 0 Å². The zero-order valence-corrected chi connectivity index (χ0v) is 10.1. The zero-order chi connectivity index (χ0) is 9.85. The maximum Gasteiger partial charge on any atom is 0.205 e. The molecular weight excluding hydrogens is 279 g/mol. The Labute approximate surface area is 91.6 Å². The molecule has 2 fully saturated rings. The van der Waals surface area contributed by atoms with Crippen LogP contribution >= 0.6 is 22.6 Å². The van der Waals surface area contributed by atoms with Gasteiger partial charge in [0.05, 0.1) is 0 Å². The third kappa shape index (κ3) is 0.845. The number of hydrogen-bond donors (Lipinski definition) is 0. The lowest BCUT2D eigenvalue weighted by Crippen LogP contribution is -2.36. The standard InChI is InChI=1S/C10H13IO2/c1-9-4-3-6(7(12)8(9)13)10(9,2)5-11/h6H,3-5H2,1-2H3/t6?,9?,10-/m1/s1. The number of alkyl halides is 1. The van der Waals surface area contributed by atoms with Crippen molar-refractivity contribution >= 4 is 34.2 Å². The van der Waals surface area contributed by atoms with Crippen molar-refractivity contribution in [2.24, 2.45) is 16.7 Å². The van der Waals surface area contributed by atoms with Crippen molar-refractivity contribution in [1.29, 1.82) is 0 Å². The highest BCUT2D eigenvalue weighted by Gasteiger charge is 2.67. The van der Waals surface area contributed by atoms with E-state index in [4.69, 9.17) is 0 Å². The summed E-state index contributed by atoms with van der Waals surface area (Å²) >= 11 is 2.30. The monoisotopic (exact) mass is 292 g/mol. The van der Waals surface area contributed by atoms with Gasteiger partial charge >= 0.3 is 0 Å². The average molecular weight is 292 g/mol. The van der Waals surface area contributed by atoms with E-state index in [9.17, 15) is 9.59 Å². The van der Waals surface area contributed by atoms with Crippen molar-refractivity contribution in [3.05, 3.63) is 0 Å². The van der Waals surface area contributed by atoms with Crippen LogP contribution in [0.25, 0.3) is 0 Å². The number of hydrogen-bond acceptors (Lipinski definition) is 2. The van der Waals surface area contributed by atoms with Crippen molar-refractivity contribution in [3.8, 4) is 0 Å². The fraction of sp³-hybridized carbons (Fsp3) is 0.800. The second-order valence-electron chi connectivity index (χ2n) is 4.67. The Balaban J connectivity index is 2.55. The number of ketones is 2. The van der Waals surface area contributed by atoms with Crippen LogP contribution in [0.4, 0.5) is 0 Å². The van der Waals surface area contributed by atoms with Gasteiger partial charge < -0.3 is 0 Å². The van der Waals surface area contributed by atoms with E-state index < -0.39 is 0 Å². The molecule has 3 heteroatoms. The van der Waals surface area contributed by atoms with E-state index in [1.165, 1.54) is 0 Å². The molecule has 2 bridgehead atoms. The van der Waals surface area contributed by atoms with Gasteiger partial charge in [-0.05, 0) is 18.3 Å². The molecule has 3 atom stereocenters. The molecule has 0 aromatic carbocycles. The summed E-state index contributed by atoms with van der Waals surface area (Å²) in [6, 6.07) is 0. The SMILES string of the molecule is CC12CCC(C(=O)C1=O)[C@@]2(C)CI. The van der Waals surface area contributed by atoms with E-state index in [0.29, 0.717) is 0 Å². The first-order valence-electron chi connectivity index (χ1n) is 4.62. The summed E-state index contributed by atoms with van der Waals surface area (Å²) in [5, 5.41) is 0. The lowest BCUT2D eigenvalue weighted by molar-refractivity contribution is -0.141. The van der Waals surface area contributed by atoms with Crippen LogP contribution in [0.15, 0.2) is 0 Å². The van der Waals surface area contributed by atoms with Gasteiger partial charge in [0.2, 0.25) is 11.6 Å². The number of carbonyl (C=O) groups excluding carboxylic acids is 2. The predicted octanol–water partition coefficient (Wildman–Crippen LogP) is 2.00. The van der Waals surface area contributed by atoms with Crippen LogP contribution in [-0.2, 0) is 9.59 Å². The molecule has 0 aliphatic heterocycles. The number of carbonyl (C=O) groups is 2. The van der Waals surface area contributed by atoms with Gasteiger partial charge in [-0.1, -0.05) is 36.4 Å². The minimum absolute atomic E-state index is 0.0156. The van der Waals surface area contributed by atoms with Crippen molar-refractivity contribution in [2.45, 2.75) is 26.7 Å². The molecule has 2 aliphatic rings. The van der Waals surface area contributed by atoms with Gasteiger partial charge in [-0.2, -0.15) is 0 Å². The molecule has 0 aromatic rings. The van der Waals surface area contributed by atoms with E-state index in [0.717, 1.165) is 17.3 Å².